The molecule has 1 heterocycles. The largest absolute Gasteiger partial charge is 0.390 e. The van der Waals surface area contributed by atoms with Crippen LogP contribution < -0.4 is 5.32 Å². The maximum absolute atomic E-state index is 13.8. The molecule has 4 nitrogen and oxygen atoms in total. The summed E-state index contributed by atoms with van der Waals surface area (Å²) in [7, 11) is 0. The molecule has 0 aliphatic carbocycles. The first kappa shape index (κ1) is 17.6. The Kier molecular flexibility index (Phi) is 5.46. The summed E-state index contributed by atoms with van der Waals surface area (Å²) < 4.78 is 13.8. The molecule has 0 spiro atoms. The molecule has 0 radical (unpaired) electrons. The molecule has 0 bridgehead atoms. The number of β-amino-alcohol motifs (C(OH)–C–C–N with tert-alkyl or cyclic N) is 1. The Morgan fingerprint density at radius 1 is 1.28 bits per heavy atom. The number of carbonyl (C=O) groups is 1. The standard InChI is InChI=1S/C20H23FN2O2/c1-14-6-7-18(19(21)10-14)20(25)22-11-17(24)13-23-9-8-15-4-2-3-5-16(15)12-23/h2-7,10,17,24H,8-9,11-13H2,1H3,(H,22,25). The maximum Gasteiger partial charge on any atom is 0.254 e. The van der Waals surface area contributed by atoms with E-state index in [-0.39, 0.29) is 12.1 Å². The van der Waals surface area contributed by atoms with Crippen molar-refractivity contribution < 1.29 is 14.3 Å². The van der Waals surface area contributed by atoms with Crippen molar-refractivity contribution in [3.05, 3.63) is 70.5 Å². The lowest BCUT2D eigenvalue weighted by Crippen LogP contribution is -2.42. The number of fused-ring (bicyclic) bond motifs is 1. The average molecular weight is 342 g/mol. The van der Waals surface area contributed by atoms with E-state index in [2.05, 4.69) is 22.3 Å². The van der Waals surface area contributed by atoms with Crippen molar-refractivity contribution in [2.24, 2.45) is 0 Å². The highest BCUT2D eigenvalue weighted by atomic mass is 19.1. The number of benzene rings is 2. The molecule has 0 saturated heterocycles. The van der Waals surface area contributed by atoms with Crippen molar-refractivity contribution in [1.29, 1.82) is 0 Å². The number of aliphatic hydroxyl groups is 1. The first-order chi connectivity index (χ1) is 12.0. The number of amides is 1. The Hall–Kier alpha value is -2.24. The van der Waals surface area contributed by atoms with Gasteiger partial charge in [0.1, 0.15) is 5.82 Å². The normalized spacial score (nSPS) is 15.5. The first-order valence-corrected chi connectivity index (χ1v) is 8.54. The zero-order valence-corrected chi connectivity index (χ0v) is 14.3. The Morgan fingerprint density at radius 3 is 2.80 bits per heavy atom. The summed E-state index contributed by atoms with van der Waals surface area (Å²) in [5, 5.41) is 12.8. The summed E-state index contributed by atoms with van der Waals surface area (Å²) in [5.41, 5.74) is 3.41. The monoisotopic (exact) mass is 342 g/mol. The summed E-state index contributed by atoms with van der Waals surface area (Å²) in [6, 6.07) is 12.8. The summed E-state index contributed by atoms with van der Waals surface area (Å²) >= 11 is 0. The molecule has 1 atom stereocenters. The number of nitrogens with zero attached hydrogens (tertiary/aromatic N) is 1. The lowest BCUT2D eigenvalue weighted by Gasteiger charge is -2.30. The number of hydrogen-bond acceptors (Lipinski definition) is 3. The van der Waals surface area contributed by atoms with E-state index in [1.807, 2.05) is 12.1 Å². The molecule has 2 N–H and O–H groups in total. The molecule has 1 unspecified atom stereocenters. The fourth-order valence-corrected chi connectivity index (χ4v) is 3.18. The highest BCUT2D eigenvalue weighted by Crippen LogP contribution is 2.18. The summed E-state index contributed by atoms with van der Waals surface area (Å²) in [6.07, 6.45) is 0.270. The van der Waals surface area contributed by atoms with Crippen LogP contribution in [0.3, 0.4) is 0 Å². The van der Waals surface area contributed by atoms with Gasteiger partial charge in [0.25, 0.3) is 5.91 Å². The number of nitrogens with one attached hydrogen (secondary N) is 1. The third-order valence-corrected chi connectivity index (χ3v) is 4.55. The van der Waals surface area contributed by atoms with Gasteiger partial charge in [-0.1, -0.05) is 30.3 Å². The third-order valence-electron chi connectivity index (χ3n) is 4.55. The second kappa shape index (κ2) is 7.76. The maximum atomic E-state index is 13.8. The van der Waals surface area contributed by atoms with E-state index < -0.39 is 17.8 Å². The molecule has 2 aromatic rings. The molecule has 3 rings (SSSR count). The summed E-state index contributed by atoms with van der Waals surface area (Å²) in [6.45, 7) is 4.03. The third kappa shape index (κ3) is 4.44. The number of aryl methyl sites for hydroxylation is 1. The highest BCUT2D eigenvalue weighted by Gasteiger charge is 2.19. The van der Waals surface area contributed by atoms with Crippen LogP contribution in [0.5, 0.6) is 0 Å². The van der Waals surface area contributed by atoms with E-state index in [0.717, 1.165) is 25.1 Å². The van der Waals surface area contributed by atoms with E-state index in [1.54, 1.807) is 13.0 Å². The molecular weight excluding hydrogens is 319 g/mol. The Bertz CT molecular complexity index is 763. The quantitative estimate of drug-likeness (QED) is 0.877. The van der Waals surface area contributed by atoms with Crippen LogP contribution in [0.1, 0.15) is 27.0 Å². The van der Waals surface area contributed by atoms with Gasteiger partial charge >= 0.3 is 0 Å². The lowest BCUT2D eigenvalue weighted by molar-refractivity contribution is 0.0838. The fourth-order valence-electron chi connectivity index (χ4n) is 3.18. The van der Waals surface area contributed by atoms with Crippen LogP contribution in [-0.4, -0.2) is 41.7 Å². The molecule has 0 fully saturated rings. The topological polar surface area (TPSA) is 52.6 Å². The fraction of sp³-hybridized carbons (Fsp3) is 0.350. The minimum Gasteiger partial charge on any atom is -0.390 e. The zero-order valence-electron chi connectivity index (χ0n) is 14.3. The van der Waals surface area contributed by atoms with Crippen LogP contribution in [0.15, 0.2) is 42.5 Å². The van der Waals surface area contributed by atoms with Gasteiger partial charge < -0.3 is 10.4 Å². The van der Waals surface area contributed by atoms with Crippen molar-refractivity contribution >= 4 is 5.91 Å². The second-order valence-corrected chi connectivity index (χ2v) is 6.60. The van der Waals surface area contributed by atoms with E-state index in [0.29, 0.717) is 6.54 Å². The van der Waals surface area contributed by atoms with E-state index in [9.17, 15) is 14.3 Å². The second-order valence-electron chi connectivity index (χ2n) is 6.60. The summed E-state index contributed by atoms with van der Waals surface area (Å²) in [4.78, 5) is 14.2. The van der Waals surface area contributed by atoms with Crippen LogP contribution in [0.25, 0.3) is 0 Å². The Morgan fingerprint density at radius 2 is 2.04 bits per heavy atom. The molecule has 1 aliphatic rings. The van der Waals surface area contributed by atoms with Crippen LogP contribution in [0.2, 0.25) is 0 Å². The SMILES string of the molecule is Cc1ccc(C(=O)NCC(O)CN2CCc3ccccc3C2)c(F)c1. The number of hydrogen-bond donors (Lipinski definition) is 2. The van der Waals surface area contributed by atoms with E-state index in [4.69, 9.17) is 0 Å². The van der Waals surface area contributed by atoms with Crippen molar-refractivity contribution in [2.45, 2.75) is 26.0 Å². The Labute approximate surface area is 147 Å². The molecule has 1 amide bonds. The van der Waals surface area contributed by atoms with E-state index in [1.165, 1.54) is 23.3 Å². The van der Waals surface area contributed by atoms with Crippen LogP contribution in [-0.2, 0) is 13.0 Å². The van der Waals surface area contributed by atoms with Gasteiger partial charge in [-0.3, -0.25) is 9.69 Å². The number of aliphatic hydroxyl groups excluding tert-OH is 1. The van der Waals surface area contributed by atoms with Gasteiger partial charge in [0, 0.05) is 26.2 Å². The van der Waals surface area contributed by atoms with Gasteiger partial charge in [0.2, 0.25) is 0 Å². The molecule has 132 valence electrons. The minimum absolute atomic E-state index is 0.00435. The van der Waals surface area contributed by atoms with Crippen LogP contribution >= 0.6 is 0 Å². The predicted octanol–water partition coefficient (Wildman–Crippen LogP) is 2.28. The number of halogens is 1. The van der Waals surface area contributed by atoms with Gasteiger partial charge in [0.15, 0.2) is 0 Å². The van der Waals surface area contributed by atoms with Gasteiger partial charge in [-0.25, -0.2) is 4.39 Å². The van der Waals surface area contributed by atoms with Gasteiger partial charge in [-0.15, -0.1) is 0 Å². The zero-order chi connectivity index (χ0) is 17.8. The molecule has 5 heteroatoms. The molecular formula is C20H23FN2O2. The molecule has 1 aliphatic heterocycles. The van der Waals surface area contributed by atoms with E-state index >= 15 is 0 Å². The minimum atomic E-state index is -0.692. The van der Waals surface area contributed by atoms with Crippen molar-refractivity contribution in [3.63, 3.8) is 0 Å². The molecule has 0 saturated carbocycles. The van der Waals surface area contributed by atoms with Crippen molar-refractivity contribution in [1.82, 2.24) is 10.2 Å². The highest BCUT2D eigenvalue weighted by molar-refractivity contribution is 5.94. The predicted molar refractivity (Wildman–Crippen MR) is 94.9 cm³/mol. The van der Waals surface area contributed by atoms with Gasteiger partial charge in [-0.2, -0.15) is 0 Å². The number of rotatable bonds is 5. The van der Waals surface area contributed by atoms with Gasteiger partial charge in [-0.05, 0) is 42.2 Å². The first-order valence-electron chi connectivity index (χ1n) is 8.54. The molecule has 2 aromatic carbocycles. The molecule has 0 aromatic heterocycles. The van der Waals surface area contributed by atoms with Crippen LogP contribution in [0.4, 0.5) is 4.39 Å². The lowest BCUT2D eigenvalue weighted by atomic mass is 10.00. The Balaban J connectivity index is 1.50. The smallest absolute Gasteiger partial charge is 0.254 e. The van der Waals surface area contributed by atoms with Crippen molar-refractivity contribution in [3.8, 4) is 0 Å². The van der Waals surface area contributed by atoms with Gasteiger partial charge in [0.05, 0.1) is 11.7 Å². The average Bonchev–Trinajstić information content (AvgIpc) is 2.59. The molecule has 25 heavy (non-hydrogen) atoms. The number of carbonyl (C=O) groups excluding carboxylic acids is 1. The van der Waals surface area contributed by atoms with Crippen LogP contribution in [0, 0.1) is 12.7 Å². The summed E-state index contributed by atoms with van der Waals surface area (Å²) in [5.74, 6) is -1.04. The van der Waals surface area contributed by atoms with Crippen molar-refractivity contribution in [2.75, 3.05) is 19.6 Å².